The van der Waals surface area contributed by atoms with Gasteiger partial charge >= 0.3 is 0 Å². The van der Waals surface area contributed by atoms with Gasteiger partial charge in [0.15, 0.2) is 0 Å². The Balaban J connectivity index is 1.37. The third-order valence-electron chi connectivity index (χ3n) is 4.55. The van der Waals surface area contributed by atoms with E-state index in [-0.39, 0.29) is 18.4 Å². The maximum Gasteiger partial charge on any atom is 0.269 e. The number of nitrogens with one attached hydrogen (secondary N) is 2. The first-order valence-corrected chi connectivity index (χ1v) is 10.2. The van der Waals surface area contributed by atoms with Gasteiger partial charge in [0.1, 0.15) is 0 Å². The molecule has 28 heavy (non-hydrogen) atoms. The highest BCUT2D eigenvalue weighted by Crippen LogP contribution is 2.14. The lowest BCUT2D eigenvalue weighted by Gasteiger charge is -2.34. The second-order valence-electron chi connectivity index (χ2n) is 6.69. The molecule has 1 aliphatic rings. The number of piperazine rings is 1. The molecule has 8 heteroatoms. The van der Waals surface area contributed by atoms with Crippen molar-refractivity contribution in [2.45, 2.75) is 6.54 Å². The van der Waals surface area contributed by atoms with E-state index in [0.717, 1.165) is 42.2 Å². The topological polar surface area (TPSA) is 64.7 Å². The van der Waals surface area contributed by atoms with Gasteiger partial charge in [-0.3, -0.25) is 30.2 Å². The highest BCUT2D eigenvalue weighted by atomic mass is 79.9. The van der Waals surface area contributed by atoms with Crippen LogP contribution in [0.15, 0.2) is 53.0 Å². The summed E-state index contributed by atoms with van der Waals surface area (Å²) in [5, 5.41) is 0.748. The first kappa shape index (κ1) is 20.8. The number of carbonyl (C=O) groups is 2. The summed E-state index contributed by atoms with van der Waals surface area (Å²) in [7, 11) is 0. The van der Waals surface area contributed by atoms with Gasteiger partial charge < -0.3 is 0 Å². The number of hydrogen-bond donors (Lipinski definition) is 2. The number of benzene rings is 2. The van der Waals surface area contributed by atoms with Crippen LogP contribution in [0.4, 0.5) is 0 Å². The van der Waals surface area contributed by atoms with E-state index >= 15 is 0 Å². The predicted molar refractivity (Wildman–Crippen MR) is 113 cm³/mol. The first-order chi connectivity index (χ1) is 13.5. The average Bonchev–Trinajstić information content (AvgIpc) is 2.68. The van der Waals surface area contributed by atoms with Crippen molar-refractivity contribution in [3.8, 4) is 0 Å². The van der Waals surface area contributed by atoms with Crippen molar-refractivity contribution in [3.05, 3.63) is 69.2 Å². The SMILES string of the molecule is O=C(CN1CCN(Cc2cccc(Cl)c2)CC1)NNC(=O)c1ccc(Br)cc1. The van der Waals surface area contributed by atoms with Crippen LogP contribution in [0.1, 0.15) is 15.9 Å². The maximum absolute atomic E-state index is 12.1. The molecule has 2 aromatic carbocycles. The van der Waals surface area contributed by atoms with Gasteiger partial charge in [0.25, 0.3) is 11.8 Å². The molecular weight excluding hydrogens is 444 g/mol. The molecule has 0 aliphatic carbocycles. The number of hydrogen-bond acceptors (Lipinski definition) is 4. The summed E-state index contributed by atoms with van der Waals surface area (Å²) < 4.78 is 0.891. The van der Waals surface area contributed by atoms with Gasteiger partial charge in [-0.15, -0.1) is 0 Å². The Labute approximate surface area is 177 Å². The van der Waals surface area contributed by atoms with Crippen LogP contribution in [0, 0.1) is 0 Å². The van der Waals surface area contributed by atoms with Gasteiger partial charge in [-0.25, -0.2) is 0 Å². The number of rotatable bonds is 5. The van der Waals surface area contributed by atoms with E-state index in [1.807, 2.05) is 18.2 Å². The molecule has 0 atom stereocenters. The number of amides is 2. The molecule has 148 valence electrons. The Morgan fingerprint density at radius 2 is 1.64 bits per heavy atom. The summed E-state index contributed by atoms with van der Waals surface area (Å²) in [6.45, 7) is 4.47. The zero-order valence-electron chi connectivity index (χ0n) is 15.3. The van der Waals surface area contributed by atoms with Crippen molar-refractivity contribution >= 4 is 39.3 Å². The van der Waals surface area contributed by atoms with Gasteiger partial charge in [-0.2, -0.15) is 0 Å². The van der Waals surface area contributed by atoms with Crippen molar-refractivity contribution in [2.75, 3.05) is 32.7 Å². The molecule has 3 rings (SSSR count). The van der Waals surface area contributed by atoms with Crippen LogP contribution in [-0.4, -0.2) is 54.3 Å². The van der Waals surface area contributed by atoms with Crippen molar-refractivity contribution in [2.24, 2.45) is 0 Å². The van der Waals surface area contributed by atoms with Crippen LogP contribution in [0.3, 0.4) is 0 Å². The zero-order valence-corrected chi connectivity index (χ0v) is 17.7. The molecule has 2 amide bonds. The third kappa shape index (κ3) is 6.31. The quantitative estimate of drug-likeness (QED) is 0.667. The fraction of sp³-hybridized carbons (Fsp3) is 0.300. The van der Waals surface area contributed by atoms with Crippen molar-refractivity contribution in [1.29, 1.82) is 0 Å². The molecule has 1 saturated heterocycles. The Morgan fingerprint density at radius 3 is 2.32 bits per heavy atom. The van der Waals surface area contributed by atoms with E-state index in [1.165, 1.54) is 5.56 Å². The lowest BCUT2D eigenvalue weighted by atomic mass is 10.2. The fourth-order valence-electron chi connectivity index (χ4n) is 3.04. The van der Waals surface area contributed by atoms with Gasteiger partial charge in [0.05, 0.1) is 6.54 Å². The smallest absolute Gasteiger partial charge is 0.269 e. The Morgan fingerprint density at radius 1 is 0.964 bits per heavy atom. The summed E-state index contributed by atoms with van der Waals surface area (Å²) in [4.78, 5) is 28.6. The molecule has 0 bridgehead atoms. The minimum atomic E-state index is -0.341. The molecule has 0 spiro atoms. The molecule has 0 unspecified atom stereocenters. The number of hydrazine groups is 1. The molecule has 1 heterocycles. The molecule has 1 fully saturated rings. The predicted octanol–water partition coefficient (Wildman–Crippen LogP) is 2.68. The largest absolute Gasteiger partial charge is 0.297 e. The van der Waals surface area contributed by atoms with Crippen LogP contribution in [0.5, 0.6) is 0 Å². The van der Waals surface area contributed by atoms with Crippen LogP contribution < -0.4 is 10.9 Å². The maximum atomic E-state index is 12.1. The summed E-state index contributed by atoms with van der Waals surface area (Å²) >= 11 is 9.36. The third-order valence-corrected chi connectivity index (χ3v) is 5.31. The van der Waals surface area contributed by atoms with Gasteiger partial charge in [-0.1, -0.05) is 39.7 Å². The molecular formula is C20H22BrClN4O2. The van der Waals surface area contributed by atoms with Crippen molar-refractivity contribution < 1.29 is 9.59 Å². The van der Waals surface area contributed by atoms with Crippen LogP contribution in [-0.2, 0) is 11.3 Å². The summed E-state index contributed by atoms with van der Waals surface area (Å²) in [5.74, 6) is -0.569. The number of carbonyl (C=O) groups excluding carboxylic acids is 2. The molecule has 2 N–H and O–H groups in total. The van der Waals surface area contributed by atoms with E-state index in [9.17, 15) is 9.59 Å². The molecule has 6 nitrogen and oxygen atoms in total. The van der Waals surface area contributed by atoms with Gasteiger partial charge in [0, 0.05) is 47.8 Å². The summed E-state index contributed by atoms with van der Waals surface area (Å²) in [5.41, 5.74) is 6.60. The van der Waals surface area contributed by atoms with Gasteiger partial charge in [0.2, 0.25) is 0 Å². The fourth-order valence-corrected chi connectivity index (χ4v) is 3.52. The van der Waals surface area contributed by atoms with E-state index in [4.69, 9.17) is 11.6 Å². The minimum Gasteiger partial charge on any atom is -0.297 e. The zero-order chi connectivity index (χ0) is 19.9. The minimum absolute atomic E-state index is 0.228. The lowest BCUT2D eigenvalue weighted by Crippen LogP contribution is -2.51. The van der Waals surface area contributed by atoms with E-state index < -0.39 is 0 Å². The van der Waals surface area contributed by atoms with E-state index in [0.29, 0.717) is 5.56 Å². The second kappa shape index (κ2) is 10.0. The van der Waals surface area contributed by atoms with Gasteiger partial charge in [-0.05, 0) is 42.0 Å². The Hall–Kier alpha value is -1.93. The van der Waals surface area contributed by atoms with Crippen molar-refractivity contribution in [3.63, 3.8) is 0 Å². The number of halogens is 2. The first-order valence-electron chi connectivity index (χ1n) is 9.03. The monoisotopic (exact) mass is 464 g/mol. The summed E-state index contributed by atoms with van der Waals surface area (Å²) in [6.07, 6.45) is 0. The molecule has 0 radical (unpaired) electrons. The van der Waals surface area contributed by atoms with Crippen LogP contribution >= 0.6 is 27.5 Å². The average molecular weight is 466 g/mol. The van der Waals surface area contributed by atoms with Crippen LogP contribution in [0.25, 0.3) is 0 Å². The Bertz CT molecular complexity index is 823. The molecule has 2 aromatic rings. The summed E-state index contributed by atoms with van der Waals surface area (Å²) in [6, 6.07) is 14.8. The standard InChI is InChI=1S/C20H22BrClN4O2/c21-17-6-4-16(5-7-17)20(28)24-23-19(27)14-26-10-8-25(9-11-26)13-15-2-1-3-18(22)12-15/h1-7,12H,8-11,13-14H2,(H,23,27)(H,24,28). The lowest BCUT2D eigenvalue weighted by molar-refractivity contribution is -0.123. The molecule has 0 saturated carbocycles. The normalized spacial score (nSPS) is 15.2. The Kier molecular flexibility index (Phi) is 7.44. The van der Waals surface area contributed by atoms with E-state index in [1.54, 1.807) is 24.3 Å². The van der Waals surface area contributed by atoms with Crippen molar-refractivity contribution in [1.82, 2.24) is 20.7 Å². The highest BCUT2D eigenvalue weighted by Gasteiger charge is 2.19. The van der Waals surface area contributed by atoms with Crippen LogP contribution in [0.2, 0.25) is 5.02 Å². The highest BCUT2D eigenvalue weighted by molar-refractivity contribution is 9.10. The molecule has 0 aromatic heterocycles. The van der Waals surface area contributed by atoms with E-state index in [2.05, 4.69) is 42.6 Å². The second-order valence-corrected chi connectivity index (χ2v) is 8.04. The molecule has 1 aliphatic heterocycles. The number of nitrogens with zero attached hydrogens (tertiary/aromatic N) is 2.